The summed E-state index contributed by atoms with van der Waals surface area (Å²) in [5.41, 5.74) is 4.37. The lowest BCUT2D eigenvalue weighted by molar-refractivity contribution is 0.0953. The Kier molecular flexibility index (Phi) is 5.29. The smallest absolute Gasteiger partial charge is 0.252 e. The third kappa shape index (κ3) is 4.17. The number of aromatic nitrogens is 2. The molecule has 0 spiro atoms. The number of sulfonamides is 1. The van der Waals surface area contributed by atoms with Crippen molar-refractivity contribution < 1.29 is 13.2 Å². The van der Waals surface area contributed by atoms with E-state index >= 15 is 0 Å². The predicted molar refractivity (Wildman–Crippen MR) is 103 cm³/mol. The summed E-state index contributed by atoms with van der Waals surface area (Å²) in [6.07, 6.45) is 3.23. The van der Waals surface area contributed by atoms with Crippen molar-refractivity contribution in [2.24, 2.45) is 5.14 Å². The molecule has 3 aromatic rings. The molecule has 0 atom stereocenters. The quantitative estimate of drug-likeness (QED) is 0.674. The summed E-state index contributed by atoms with van der Waals surface area (Å²) >= 11 is 0. The molecule has 0 bridgehead atoms. The number of hydrogen-bond donors (Lipinski definition) is 2. The maximum atomic E-state index is 12.4. The van der Waals surface area contributed by atoms with Gasteiger partial charge < -0.3 is 9.72 Å². The first-order chi connectivity index (χ1) is 12.8. The van der Waals surface area contributed by atoms with Crippen molar-refractivity contribution >= 4 is 21.6 Å². The summed E-state index contributed by atoms with van der Waals surface area (Å²) in [7, 11) is -3.69. The number of nitrogens with one attached hydrogen (secondary N) is 1. The van der Waals surface area contributed by atoms with Gasteiger partial charge in [0, 0.05) is 18.4 Å². The van der Waals surface area contributed by atoms with Crippen molar-refractivity contribution in [2.75, 3.05) is 6.54 Å². The second-order valence-corrected chi connectivity index (χ2v) is 7.90. The van der Waals surface area contributed by atoms with Gasteiger partial charge >= 0.3 is 0 Å². The Labute approximate surface area is 158 Å². The van der Waals surface area contributed by atoms with E-state index in [0.717, 1.165) is 29.0 Å². The molecule has 1 aromatic carbocycles. The largest absolute Gasteiger partial charge is 0.352 e. The number of carbonyl (C=O) groups is 1. The number of benzene rings is 1. The van der Waals surface area contributed by atoms with E-state index in [1.165, 1.54) is 12.1 Å². The summed E-state index contributed by atoms with van der Waals surface area (Å²) < 4.78 is 24.4. The van der Waals surface area contributed by atoms with Crippen LogP contribution in [0.3, 0.4) is 0 Å². The van der Waals surface area contributed by atoms with Gasteiger partial charge in [0.1, 0.15) is 5.65 Å². The van der Waals surface area contributed by atoms with Crippen molar-refractivity contribution in [3.8, 4) is 0 Å². The number of imidazole rings is 1. The van der Waals surface area contributed by atoms with Crippen LogP contribution < -0.4 is 10.5 Å². The highest BCUT2D eigenvalue weighted by molar-refractivity contribution is 7.89. The standard InChI is InChI=1S/C19H22N4O3S/c1-3-17-13(2)23-12-15(6-9-18(23)22-17)19(24)21-11-10-14-4-7-16(8-5-14)27(20,25)26/h4-9,12H,3,10-11H2,1-2H3,(H,21,24)(H2,20,25,26). The first-order valence-corrected chi connectivity index (χ1v) is 10.2. The van der Waals surface area contributed by atoms with E-state index in [9.17, 15) is 13.2 Å². The minimum Gasteiger partial charge on any atom is -0.352 e. The topological polar surface area (TPSA) is 107 Å². The van der Waals surface area contributed by atoms with Gasteiger partial charge in [0.2, 0.25) is 10.0 Å². The van der Waals surface area contributed by atoms with E-state index in [-0.39, 0.29) is 10.8 Å². The molecule has 0 radical (unpaired) electrons. The lowest BCUT2D eigenvalue weighted by Gasteiger charge is -2.07. The van der Waals surface area contributed by atoms with Gasteiger partial charge in [-0.3, -0.25) is 4.79 Å². The first kappa shape index (κ1) is 19.1. The van der Waals surface area contributed by atoms with Gasteiger partial charge in [-0.25, -0.2) is 18.5 Å². The number of nitrogens with zero attached hydrogens (tertiary/aromatic N) is 2. The molecule has 0 fully saturated rings. The highest BCUT2D eigenvalue weighted by atomic mass is 32.2. The molecule has 0 saturated heterocycles. The molecule has 3 N–H and O–H groups in total. The molecule has 0 unspecified atom stereocenters. The minimum absolute atomic E-state index is 0.0748. The van der Waals surface area contributed by atoms with Gasteiger partial charge in [0.05, 0.1) is 16.2 Å². The molecule has 142 valence electrons. The highest BCUT2D eigenvalue weighted by Gasteiger charge is 2.11. The van der Waals surface area contributed by atoms with E-state index in [1.54, 1.807) is 24.4 Å². The predicted octanol–water partition coefficient (Wildman–Crippen LogP) is 1.83. The molecule has 0 aliphatic heterocycles. The summed E-state index contributed by atoms with van der Waals surface area (Å²) in [4.78, 5) is 17.0. The summed E-state index contributed by atoms with van der Waals surface area (Å²) in [6.45, 7) is 4.48. The Hall–Kier alpha value is -2.71. The van der Waals surface area contributed by atoms with E-state index in [1.807, 2.05) is 17.4 Å². The van der Waals surface area contributed by atoms with E-state index < -0.39 is 10.0 Å². The molecule has 0 aliphatic carbocycles. The Morgan fingerprint density at radius 1 is 1.19 bits per heavy atom. The second kappa shape index (κ2) is 7.50. The lowest BCUT2D eigenvalue weighted by Crippen LogP contribution is -2.26. The van der Waals surface area contributed by atoms with E-state index in [2.05, 4.69) is 17.2 Å². The fourth-order valence-electron chi connectivity index (χ4n) is 2.95. The summed E-state index contributed by atoms with van der Waals surface area (Å²) in [5.74, 6) is -0.163. The second-order valence-electron chi connectivity index (χ2n) is 6.34. The van der Waals surface area contributed by atoms with Crippen LogP contribution in [0.5, 0.6) is 0 Å². The molecule has 8 heteroatoms. The Morgan fingerprint density at radius 2 is 1.89 bits per heavy atom. The molecule has 1 amide bonds. The zero-order valence-electron chi connectivity index (χ0n) is 15.3. The van der Waals surface area contributed by atoms with Crippen LogP contribution in [-0.4, -0.2) is 30.3 Å². The molecule has 0 saturated carbocycles. The Bertz CT molecular complexity index is 1090. The molecular formula is C19H22N4O3S. The average Bonchev–Trinajstić information content (AvgIpc) is 2.97. The van der Waals surface area contributed by atoms with Crippen LogP contribution in [0.1, 0.15) is 34.2 Å². The minimum atomic E-state index is -3.69. The Morgan fingerprint density at radius 3 is 2.52 bits per heavy atom. The number of fused-ring (bicyclic) bond motifs is 1. The van der Waals surface area contributed by atoms with Gasteiger partial charge in [0.25, 0.3) is 5.91 Å². The van der Waals surface area contributed by atoms with Crippen LogP contribution in [-0.2, 0) is 22.9 Å². The molecule has 2 heterocycles. The van der Waals surface area contributed by atoms with Crippen LogP contribution in [0.15, 0.2) is 47.5 Å². The summed E-state index contributed by atoms with van der Waals surface area (Å²) in [5, 5.41) is 7.96. The number of carbonyl (C=O) groups excluding carboxylic acids is 1. The zero-order valence-corrected chi connectivity index (χ0v) is 16.1. The lowest BCUT2D eigenvalue weighted by atomic mass is 10.1. The average molecular weight is 386 g/mol. The van der Waals surface area contributed by atoms with E-state index in [4.69, 9.17) is 5.14 Å². The van der Waals surface area contributed by atoms with Gasteiger partial charge in [-0.05, 0) is 49.6 Å². The monoisotopic (exact) mass is 386 g/mol. The number of nitrogens with two attached hydrogens (primary N) is 1. The highest BCUT2D eigenvalue weighted by Crippen LogP contribution is 2.14. The number of rotatable bonds is 6. The maximum Gasteiger partial charge on any atom is 0.252 e. The van der Waals surface area contributed by atoms with Crippen molar-refractivity contribution in [1.29, 1.82) is 0 Å². The van der Waals surface area contributed by atoms with Crippen LogP contribution in [0, 0.1) is 6.92 Å². The third-order valence-electron chi connectivity index (χ3n) is 4.50. The number of amides is 1. The first-order valence-electron chi connectivity index (χ1n) is 8.67. The third-order valence-corrected chi connectivity index (χ3v) is 5.43. The number of primary sulfonamides is 1. The van der Waals surface area contributed by atoms with Gasteiger partial charge in [0.15, 0.2) is 0 Å². The fourth-order valence-corrected chi connectivity index (χ4v) is 3.46. The molecular weight excluding hydrogens is 364 g/mol. The van der Waals surface area contributed by atoms with Crippen molar-refractivity contribution in [1.82, 2.24) is 14.7 Å². The van der Waals surface area contributed by atoms with E-state index in [0.29, 0.717) is 18.5 Å². The van der Waals surface area contributed by atoms with Crippen molar-refractivity contribution in [3.05, 3.63) is 65.1 Å². The SMILES string of the molecule is CCc1nc2ccc(C(=O)NCCc3ccc(S(N)(=O)=O)cc3)cn2c1C. The molecule has 2 aromatic heterocycles. The molecule has 3 rings (SSSR count). The normalized spacial score (nSPS) is 11.7. The van der Waals surface area contributed by atoms with Crippen LogP contribution in [0.25, 0.3) is 5.65 Å². The van der Waals surface area contributed by atoms with Gasteiger partial charge in [-0.2, -0.15) is 0 Å². The maximum absolute atomic E-state index is 12.4. The van der Waals surface area contributed by atoms with Crippen molar-refractivity contribution in [2.45, 2.75) is 31.6 Å². The number of hydrogen-bond acceptors (Lipinski definition) is 4. The molecule has 7 nitrogen and oxygen atoms in total. The number of aryl methyl sites for hydroxylation is 2. The Balaban J connectivity index is 1.64. The van der Waals surface area contributed by atoms with Crippen molar-refractivity contribution in [3.63, 3.8) is 0 Å². The van der Waals surface area contributed by atoms with Crippen LogP contribution >= 0.6 is 0 Å². The molecule has 27 heavy (non-hydrogen) atoms. The van der Waals surface area contributed by atoms with Gasteiger partial charge in [-0.15, -0.1) is 0 Å². The van der Waals surface area contributed by atoms with Crippen LogP contribution in [0.4, 0.5) is 0 Å². The van der Waals surface area contributed by atoms with Crippen LogP contribution in [0.2, 0.25) is 0 Å². The summed E-state index contributed by atoms with van der Waals surface area (Å²) in [6, 6.07) is 9.92. The number of pyridine rings is 1. The molecule has 0 aliphatic rings. The zero-order chi connectivity index (χ0) is 19.6. The van der Waals surface area contributed by atoms with Gasteiger partial charge in [-0.1, -0.05) is 19.1 Å². The fraction of sp³-hybridized carbons (Fsp3) is 0.263.